The second-order valence-electron chi connectivity index (χ2n) is 10.4. The first-order valence-corrected chi connectivity index (χ1v) is 15.7. The van der Waals surface area contributed by atoms with Gasteiger partial charge in [-0.3, -0.25) is 24.1 Å². The molecule has 0 radical (unpaired) electrons. The first kappa shape index (κ1) is 31.1. The van der Waals surface area contributed by atoms with Crippen LogP contribution in [0.25, 0.3) is 17.4 Å². The third-order valence-electron chi connectivity index (χ3n) is 7.39. The molecule has 0 atom stereocenters. The predicted molar refractivity (Wildman–Crippen MR) is 180 cm³/mol. The average molecular weight is 644 g/mol. The Hall–Kier alpha value is -5.87. The van der Waals surface area contributed by atoms with Crippen molar-refractivity contribution in [1.29, 1.82) is 0 Å². The van der Waals surface area contributed by atoms with E-state index in [0.29, 0.717) is 45.4 Å². The highest BCUT2D eigenvalue weighted by molar-refractivity contribution is 7.99. The number of para-hydroxylation sites is 1. The smallest absolute Gasteiger partial charge is 0.272 e. The number of ether oxygens (including phenoxy) is 1. The van der Waals surface area contributed by atoms with Gasteiger partial charge in [-0.25, -0.2) is 0 Å². The van der Waals surface area contributed by atoms with Gasteiger partial charge in [0.25, 0.3) is 23.6 Å². The summed E-state index contributed by atoms with van der Waals surface area (Å²) in [6, 6.07) is 33.4. The number of thioether (sulfide) groups is 1. The number of rotatable bonds is 11. The highest BCUT2D eigenvalue weighted by Crippen LogP contribution is 2.31. The molecule has 4 aromatic carbocycles. The Bertz CT molecular complexity index is 1950. The summed E-state index contributed by atoms with van der Waals surface area (Å²) in [7, 11) is 1.58. The molecule has 0 saturated heterocycles. The summed E-state index contributed by atoms with van der Waals surface area (Å²) in [4.78, 5) is 53.9. The zero-order valence-corrected chi connectivity index (χ0v) is 26.1. The molecule has 0 aliphatic carbocycles. The minimum atomic E-state index is -0.546. The summed E-state index contributed by atoms with van der Waals surface area (Å²) in [5, 5.41) is 5.55. The molecule has 2 N–H and O–H groups in total. The molecular weight excluding hydrogens is 614 g/mol. The fourth-order valence-electron chi connectivity index (χ4n) is 5.04. The minimum absolute atomic E-state index is 0.0147. The van der Waals surface area contributed by atoms with E-state index in [2.05, 4.69) is 10.6 Å². The number of carbonyl (C=O) groups is 4. The maximum Gasteiger partial charge on any atom is 0.272 e. The molecule has 5 aromatic rings. The van der Waals surface area contributed by atoms with Gasteiger partial charge in [-0.1, -0.05) is 42.5 Å². The molecule has 4 amide bonds. The maximum absolute atomic E-state index is 13.5. The molecule has 0 fully saturated rings. The van der Waals surface area contributed by atoms with Crippen LogP contribution in [0, 0.1) is 0 Å². The molecular formula is C37H29N3O6S. The Morgan fingerprint density at radius 2 is 1.43 bits per heavy atom. The van der Waals surface area contributed by atoms with Gasteiger partial charge in [0.2, 0.25) is 0 Å². The number of amides is 4. The van der Waals surface area contributed by atoms with E-state index in [1.165, 1.54) is 22.7 Å². The number of fused-ring (bicyclic) bond motifs is 1. The number of nitrogens with zero attached hydrogens (tertiary/aromatic N) is 1. The molecule has 9 nitrogen and oxygen atoms in total. The molecule has 0 bridgehead atoms. The number of nitrogens with one attached hydrogen (secondary N) is 2. The Kier molecular flexibility index (Phi) is 9.31. The lowest BCUT2D eigenvalue weighted by molar-refractivity contribution is -0.113. The summed E-state index contributed by atoms with van der Waals surface area (Å²) in [6.45, 7) is 0.274. The van der Waals surface area contributed by atoms with Crippen molar-refractivity contribution < 1.29 is 28.3 Å². The van der Waals surface area contributed by atoms with Crippen molar-refractivity contribution in [2.24, 2.45) is 0 Å². The normalized spacial score (nSPS) is 12.5. The predicted octanol–water partition coefficient (Wildman–Crippen LogP) is 6.75. The third-order valence-corrected chi connectivity index (χ3v) is 8.38. The first-order valence-electron chi connectivity index (χ1n) is 14.7. The lowest BCUT2D eigenvalue weighted by Crippen LogP contribution is -2.31. The molecule has 234 valence electrons. The van der Waals surface area contributed by atoms with Gasteiger partial charge in [0.05, 0.1) is 23.8 Å². The van der Waals surface area contributed by atoms with E-state index in [1.54, 1.807) is 86.0 Å². The fraction of sp³-hybridized carbons (Fsp3) is 0.0811. The molecule has 2 heterocycles. The Labute approximate surface area is 275 Å². The SMILES string of the molecule is COc1ccccc1-c1ccc(C=C(NC(=O)c2ccccc2)C(=O)Nc2ccc(SCCN3C(=O)c4ccccc4C3=O)cc2)o1. The summed E-state index contributed by atoms with van der Waals surface area (Å²) in [5.41, 5.74) is 2.49. The van der Waals surface area contributed by atoms with Crippen LogP contribution < -0.4 is 15.4 Å². The van der Waals surface area contributed by atoms with Crippen LogP contribution in [0.2, 0.25) is 0 Å². The summed E-state index contributed by atoms with van der Waals surface area (Å²) >= 11 is 1.49. The largest absolute Gasteiger partial charge is 0.496 e. The van der Waals surface area contributed by atoms with Crippen LogP contribution in [-0.2, 0) is 4.79 Å². The molecule has 0 saturated carbocycles. The van der Waals surface area contributed by atoms with Crippen molar-refractivity contribution in [2.75, 3.05) is 24.7 Å². The lowest BCUT2D eigenvalue weighted by atomic mass is 10.1. The van der Waals surface area contributed by atoms with E-state index in [0.717, 1.165) is 10.5 Å². The van der Waals surface area contributed by atoms with Crippen LogP contribution in [-0.4, -0.2) is 47.9 Å². The van der Waals surface area contributed by atoms with E-state index in [4.69, 9.17) is 9.15 Å². The summed E-state index contributed by atoms with van der Waals surface area (Å²) in [6.07, 6.45) is 1.47. The number of anilines is 1. The number of furan rings is 1. The molecule has 1 aliphatic rings. The van der Waals surface area contributed by atoms with Crippen molar-refractivity contribution in [3.63, 3.8) is 0 Å². The number of methoxy groups -OCH3 is 1. The Balaban J connectivity index is 1.13. The monoisotopic (exact) mass is 643 g/mol. The van der Waals surface area contributed by atoms with Gasteiger partial charge in [0.15, 0.2) is 0 Å². The Morgan fingerprint density at radius 3 is 2.11 bits per heavy atom. The van der Waals surface area contributed by atoms with Gasteiger partial charge >= 0.3 is 0 Å². The van der Waals surface area contributed by atoms with Crippen molar-refractivity contribution >= 4 is 47.2 Å². The highest BCUT2D eigenvalue weighted by Gasteiger charge is 2.34. The first-order chi connectivity index (χ1) is 22.9. The number of carbonyl (C=O) groups excluding carboxylic acids is 4. The number of hydrogen-bond donors (Lipinski definition) is 2. The van der Waals surface area contributed by atoms with Crippen LogP contribution in [0.15, 0.2) is 130 Å². The lowest BCUT2D eigenvalue weighted by Gasteiger charge is -2.13. The van der Waals surface area contributed by atoms with Gasteiger partial charge in [0, 0.05) is 34.5 Å². The quantitative estimate of drug-likeness (QED) is 0.0929. The van der Waals surface area contributed by atoms with Gasteiger partial charge in [-0.05, 0) is 72.8 Å². The zero-order chi connectivity index (χ0) is 32.8. The van der Waals surface area contributed by atoms with Crippen molar-refractivity contribution in [3.8, 4) is 17.1 Å². The van der Waals surface area contributed by atoms with Crippen LogP contribution in [0.3, 0.4) is 0 Å². The number of imide groups is 1. The van der Waals surface area contributed by atoms with Crippen LogP contribution in [0.1, 0.15) is 36.8 Å². The zero-order valence-electron chi connectivity index (χ0n) is 25.3. The van der Waals surface area contributed by atoms with E-state index < -0.39 is 11.8 Å². The van der Waals surface area contributed by atoms with Gasteiger partial charge in [-0.2, -0.15) is 0 Å². The van der Waals surface area contributed by atoms with Gasteiger partial charge in [-0.15, -0.1) is 11.8 Å². The van der Waals surface area contributed by atoms with E-state index >= 15 is 0 Å². The molecule has 6 rings (SSSR count). The summed E-state index contributed by atoms with van der Waals surface area (Å²) < 4.78 is 11.5. The Morgan fingerprint density at radius 1 is 0.787 bits per heavy atom. The average Bonchev–Trinajstić information content (AvgIpc) is 3.67. The van der Waals surface area contributed by atoms with E-state index in [9.17, 15) is 19.2 Å². The van der Waals surface area contributed by atoms with E-state index in [1.807, 2.05) is 36.4 Å². The second-order valence-corrected chi connectivity index (χ2v) is 11.6. The highest BCUT2D eigenvalue weighted by atomic mass is 32.2. The van der Waals surface area contributed by atoms with Crippen molar-refractivity contribution in [3.05, 3.63) is 143 Å². The topological polar surface area (TPSA) is 118 Å². The van der Waals surface area contributed by atoms with Crippen LogP contribution in [0.4, 0.5) is 5.69 Å². The molecule has 10 heteroatoms. The summed E-state index contributed by atoms with van der Waals surface area (Å²) in [5.74, 6) is 0.487. The van der Waals surface area contributed by atoms with Gasteiger partial charge in [0.1, 0.15) is 23.0 Å². The standard InChI is InChI=1S/C37H29N3O6S/c1-45-32-14-8-7-13-30(32)33-20-17-26(46-33)23-31(39-34(41)24-9-3-2-4-10-24)35(42)38-25-15-18-27(19-16-25)47-22-21-40-36(43)28-11-5-6-12-29(28)37(40)44/h2-20,23H,21-22H2,1H3,(H,38,42)(H,39,41). The second kappa shape index (κ2) is 14.1. The van der Waals surface area contributed by atoms with E-state index in [-0.39, 0.29) is 24.1 Å². The van der Waals surface area contributed by atoms with Gasteiger partial charge < -0.3 is 19.8 Å². The number of hydrogen-bond acceptors (Lipinski definition) is 7. The molecule has 47 heavy (non-hydrogen) atoms. The molecule has 1 aliphatic heterocycles. The minimum Gasteiger partial charge on any atom is -0.496 e. The maximum atomic E-state index is 13.5. The van der Waals surface area contributed by atoms with Crippen LogP contribution >= 0.6 is 11.8 Å². The van der Waals surface area contributed by atoms with Crippen LogP contribution in [0.5, 0.6) is 5.75 Å². The fourth-order valence-corrected chi connectivity index (χ4v) is 5.88. The molecule has 0 spiro atoms. The number of benzene rings is 4. The molecule has 0 unspecified atom stereocenters. The third kappa shape index (κ3) is 7.03. The van der Waals surface area contributed by atoms with Crippen molar-refractivity contribution in [2.45, 2.75) is 4.90 Å². The molecule has 1 aromatic heterocycles. The van der Waals surface area contributed by atoms with Crippen molar-refractivity contribution in [1.82, 2.24) is 10.2 Å².